The monoisotopic (exact) mass is 894 g/mol. The maximum Gasteiger partial charge on any atom is 2.00 e. The fourth-order valence-corrected chi connectivity index (χ4v) is 6.24. The molecule has 6 aromatic rings. The number of fused-ring (bicyclic) bond motifs is 6. The molecule has 0 radical (unpaired) electrons. The van der Waals surface area contributed by atoms with E-state index < -0.39 is 23.1 Å². The van der Waals surface area contributed by atoms with E-state index in [1.54, 1.807) is 0 Å². The largest absolute Gasteiger partial charge is 2.00 e. The molecule has 0 bridgehead atoms. The van der Waals surface area contributed by atoms with Crippen molar-refractivity contribution in [3.8, 4) is 0 Å². The van der Waals surface area contributed by atoms with E-state index in [1.165, 1.54) is 0 Å². The summed E-state index contributed by atoms with van der Waals surface area (Å²) < 4.78 is 15.1. The van der Waals surface area contributed by atoms with Crippen molar-refractivity contribution in [2.24, 2.45) is 0 Å². The van der Waals surface area contributed by atoms with Crippen LogP contribution in [-0.4, -0.2) is 65.4 Å². The quantitative estimate of drug-likeness (QED) is 0.104. The van der Waals surface area contributed by atoms with Gasteiger partial charge in [0, 0.05) is 37.1 Å². The summed E-state index contributed by atoms with van der Waals surface area (Å²) in [7, 11) is 0. The van der Waals surface area contributed by atoms with E-state index in [-0.39, 0.29) is 21.1 Å². The smallest absolute Gasteiger partial charge is 0.447 e. The Morgan fingerprint density at radius 1 is 0.679 bits per heavy atom. The van der Waals surface area contributed by atoms with E-state index in [0.29, 0.717) is 73.8 Å². The first-order valence-corrected chi connectivity index (χ1v) is 16.9. The summed E-state index contributed by atoms with van der Waals surface area (Å²) in [5, 5.41) is 7.18. The predicted octanol–water partition coefficient (Wildman–Crippen LogP) is 6.48. The Kier molecular flexibility index (Phi) is 12.9. The number of benzene rings is 2. The van der Waals surface area contributed by atoms with Crippen LogP contribution >= 0.6 is 0 Å². The molecule has 53 heavy (non-hydrogen) atoms. The standard InChI is InChI=1S/2C18H24N6O2.W/c2*1-4-26-9-13-22-14-15(24(13)10-18(2,3)23-17(20)25)11-7-5-6-8-12(11)21-16(14)19;/h2*5-8H,4,9-10H2,1-3H3,(H5,19,20,21,23,25);/q;;+2/p-2. The van der Waals surface area contributed by atoms with Gasteiger partial charge in [-0.3, -0.25) is 9.59 Å². The molecule has 2 aromatic carbocycles. The minimum Gasteiger partial charge on any atom is -0.447 e. The second-order valence-corrected chi connectivity index (χ2v) is 13.6. The zero-order valence-electron chi connectivity index (χ0n) is 30.7. The topological polar surface area (TPSA) is 238 Å². The van der Waals surface area contributed by atoms with Gasteiger partial charge in [0.15, 0.2) is 23.7 Å². The summed E-state index contributed by atoms with van der Waals surface area (Å²) >= 11 is 0. The van der Waals surface area contributed by atoms with Crippen LogP contribution in [0.2, 0.25) is 0 Å². The maximum absolute atomic E-state index is 11.3. The molecule has 0 saturated carbocycles. The number of ether oxygens (including phenoxy) is 2. The number of anilines is 2. The number of amides is 4. The van der Waals surface area contributed by atoms with E-state index >= 15 is 0 Å². The van der Waals surface area contributed by atoms with Gasteiger partial charge in [0.05, 0.1) is 22.1 Å². The first kappa shape index (κ1) is 40.7. The van der Waals surface area contributed by atoms with E-state index in [2.05, 4.69) is 30.6 Å². The maximum atomic E-state index is 11.3. The molecule has 0 fully saturated rings. The molecule has 6 rings (SSSR count). The van der Waals surface area contributed by atoms with E-state index in [0.717, 1.165) is 32.8 Å². The first-order valence-electron chi connectivity index (χ1n) is 16.9. The number of rotatable bonds is 12. The molecule has 0 aliphatic heterocycles. The van der Waals surface area contributed by atoms with E-state index in [1.807, 2.05) is 99.2 Å². The molecule has 0 atom stereocenters. The van der Waals surface area contributed by atoms with Crippen LogP contribution in [0.15, 0.2) is 48.5 Å². The molecule has 0 spiro atoms. The van der Waals surface area contributed by atoms with Gasteiger partial charge in [-0.25, -0.2) is 19.9 Å². The average Bonchev–Trinajstić information content (AvgIpc) is 3.60. The van der Waals surface area contributed by atoms with Crippen LogP contribution in [0.1, 0.15) is 53.2 Å². The summed E-state index contributed by atoms with van der Waals surface area (Å²) in [5.41, 5.74) is 30.0. The molecule has 4 heterocycles. The second kappa shape index (κ2) is 16.7. The Balaban J connectivity index is 0.000000232. The Morgan fingerprint density at radius 3 is 1.38 bits per heavy atom. The Bertz CT molecular complexity index is 2090. The molecule has 4 amide bonds. The van der Waals surface area contributed by atoms with Crippen molar-refractivity contribution in [3.05, 3.63) is 71.6 Å². The van der Waals surface area contributed by atoms with Crippen molar-refractivity contribution < 1.29 is 40.1 Å². The van der Waals surface area contributed by atoms with Crippen molar-refractivity contribution in [3.63, 3.8) is 0 Å². The van der Waals surface area contributed by atoms with Gasteiger partial charge >= 0.3 is 21.1 Å². The third-order valence-electron chi connectivity index (χ3n) is 8.26. The predicted molar refractivity (Wildman–Crippen MR) is 203 cm³/mol. The van der Waals surface area contributed by atoms with Crippen LogP contribution in [0.25, 0.3) is 55.3 Å². The van der Waals surface area contributed by atoms with Crippen LogP contribution in [0, 0.1) is 0 Å². The number of carbonyl (C=O) groups is 2. The normalized spacial score (nSPS) is 11.7. The van der Waals surface area contributed by atoms with E-state index in [4.69, 9.17) is 32.4 Å². The van der Waals surface area contributed by atoms with Crippen molar-refractivity contribution in [1.82, 2.24) is 39.7 Å². The van der Waals surface area contributed by atoms with Crippen molar-refractivity contribution in [2.45, 2.75) is 78.9 Å². The van der Waals surface area contributed by atoms with Gasteiger partial charge < -0.3 is 52.2 Å². The Hall–Kier alpha value is -5.05. The summed E-state index contributed by atoms with van der Waals surface area (Å²) in [6.45, 7) is 13.9. The van der Waals surface area contributed by atoms with Crippen molar-refractivity contribution in [1.29, 1.82) is 0 Å². The molecule has 0 saturated heterocycles. The number of nitrogen functional groups attached to an aromatic ring is 2. The van der Waals surface area contributed by atoms with Crippen LogP contribution in [-0.2, 0) is 56.8 Å². The third-order valence-corrected chi connectivity index (χ3v) is 8.26. The van der Waals surface area contributed by atoms with Crippen LogP contribution in [0.3, 0.4) is 0 Å². The Labute approximate surface area is 321 Å². The van der Waals surface area contributed by atoms with Crippen molar-refractivity contribution in [2.75, 3.05) is 24.7 Å². The van der Waals surface area contributed by atoms with Gasteiger partial charge in [0.2, 0.25) is 0 Å². The number of nitrogens with zero attached hydrogens (tertiary/aromatic N) is 6. The molecule has 8 N–H and O–H groups in total. The number of imidazole rings is 2. The fraction of sp³-hybridized carbons (Fsp3) is 0.389. The molecule has 0 unspecified atom stereocenters. The number of urea groups is 2. The molecule has 0 aliphatic rings. The number of hydrogen-bond donors (Lipinski definition) is 4. The molecule has 0 aliphatic carbocycles. The SMILES string of the molecule is CCOCc1nc2c(N)nc3ccccc3c2n1CC(C)(C)NC([NH-])=O.CCOCc1nc2c(N)nc3ccccc3c2n1CC(C)(C)NC([NH-])=O.[W+2]. The van der Waals surface area contributed by atoms with Crippen LogP contribution < -0.4 is 22.1 Å². The summed E-state index contributed by atoms with van der Waals surface area (Å²) in [4.78, 5) is 40.7. The summed E-state index contributed by atoms with van der Waals surface area (Å²) in [6, 6.07) is 13.8. The number of aromatic nitrogens is 6. The van der Waals surface area contributed by atoms with Gasteiger partial charge in [0.1, 0.15) is 35.9 Å². The number of para-hydroxylation sites is 2. The minimum absolute atomic E-state index is 0. The van der Waals surface area contributed by atoms with Gasteiger partial charge in [-0.1, -0.05) is 64.1 Å². The van der Waals surface area contributed by atoms with E-state index in [9.17, 15) is 9.59 Å². The summed E-state index contributed by atoms with van der Waals surface area (Å²) in [5.74, 6) is 2.13. The number of carbonyl (C=O) groups excluding carboxylic acids is 2. The number of nitrogens with one attached hydrogen (secondary N) is 4. The Morgan fingerprint density at radius 2 is 1.04 bits per heavy atom. The third kappa shape index (κ3) is 9.31. The van der Waals surface area contributed by atoms with Crippen LogP contribution in [0.5, 0.6) is 0 Å². The fourth-order valence-electron chi connectivity index (χ4n) is 6.24. The molecule has 17 heteroatoms. The molecule has 16 nitrogen and oxygen atoms in total. The van der Waals surface area contributed by atoms with Gasteiger partial charge in [-0.2, -0.15) is 0 Å². The zero-order valence-corrected chi connectivity index (χ0v) is 33.7. The van der Waals surface area contributed by atoms with Gasteiger partial charge in [-0.15, -0.1) is 0 Å². The average molecular weight is 895 g/mol. The second-order valence-electron chi connectivity index (χ2n) is 13.6. The molecule has 280 valence electrons. The molecule has 4 aromatic heterocycles. The number of pyridine rings is 2. The number of nitrogens with two attached hydrogens (primary N) is 2. The first-order chi connectivity index (χ1) is 24.6. The van der Waals surface area contributed by atoms with Gasteiger partial charge in [0.25, 0.3) is 0 Å². The molecular weight excluding hydrogens is 848 g/mol. The minimum atomic E-state index is -0.822. The van der Waals surface area contributed by atoms with Crippen LogP contribution in [0.4, 0.5) is 21.2 Å². The molecular formula is C36H46N12O4W. The number of hydrogen-bond acceptors (Lipinski definition) is 10. The summed E-state index contributed by atoms with van der Waals surface area (Å²) in [6.07, 6.45) is 0. The van der Waals surface area contributed by atoms with Crippen molar-refractivity contribution >= 4 is 67.6 Å². The zero-order chi connectivity index (χ0) is 37.8. The van der Waals surface area contributed by atoms with Gasteiger partial charge in [-0.05, 0) is 37.1 Å².